The molecule has 2 amide bonds. The van der Waals surface area contributed by atoms with Crippen LogP contribution in [0.4, 0.5) is 5.69 Å². The molecule has 0 aromatic heterocycles. The zero-order chi connectivity index (χ0) is 20.1. The summed E-state index contributed by atoms with van der Waals surface area (Å²) >= 11 is 0. The van der Waals surface area contributed by atoms with Crippen molar-refractivity contribution in [3.63, 3.8) is 0 Å². The lowest BCUT2D eigenvalue weighted by molar-refractivity contribution is -0.138. The van der Waals surface area contributed by atoms with E-state index in [1.807, 2.05) is 30.0 Å². The molecule has 0 spiro atoms. The number of aryl methyl sites for hydroxylation is 1. The van der Waals surface area contributed by atoms with Crippen molar-refractivity contribution in [2.24, 2.45) is 11.7 Å². The van der Waals surface area contributed by atoms with E-state index in [1.54, 1.807) is 12.0 Å². The second-order valence-electron chi connectivity index (χ2n) is 7.62. The van der Waals surface area contributed by atoms with E-state index in [-0.39, 0.29) is 42.7 Å². The third-order valence-corrected chi connectivity index (χ3v) is 5.56. The lowest BCUT2D eigenvalue weighted by Crippen LogP contribution is -2.44. The van der Waals surface area contributed by atoms with Gasteiger partial charge in [-0.3, -0.25) is 9.59 Å². The molecule has 2 saturated heterocycles. The molecule has 2 aliphatic rings. The molecule has 1 aromatic carbocycles. The van der Waals surface area contributed by atoms with Gasteiger partial charge in [0, 0.05) is 32.7 Å². The number of anilines is 1. The van der Waals surface area contributed by atoms with Gasteiger partial charge in [0.1, 0.15) is 5.75 Å². The Morgan fingerprint density at radius 2 is 2.00 bits per heavy atom. The first-order chi connectivity index (χ1) is 13.5. The normalized spacial score (nSPS) is 20.0. The molecule has 1 aromatic rings. The number of hydrogen-bond donors (Lipinski definition) is 1. The Morgan fingerprint density at radius 1 is 1.28 bits per heavy atom. The maximum Gasteiger partial charge on any atom is 0.228 e. The van der Waals surface area contributed by atoms with Crippen molar-refractivity contribution < 1.29 is 19.1 Å². The maximum absolute atomic E-state index is 13.0. The van der Waals surface area contributed by atoms with E-state index in [0.717, 1.165) is 30.5 Å². The number of benzene rings is 1. The highest BCUT2D eigenvalue weighted by molar-refractivity contribution is 6.01. The van der Waals surface area contributed by atoms with Gasteiger partial charge in [-0.2, -0.15) is 0 Å². The molecule has 2 heterocycles. The van der Waals surface area contributed by atoms with Crippen LogP contribution in [0.25, 0.3) is 0 Å². The number of carbonyl (C=O) groups excluding carboxylic acids is 2. The Balaban J connectivity index is 0.00000300. The minimum atomic E-state index is -0.299. The Bertz CT molecular complexity index is 707. The van der Waals surface area contributed by atoms with Crippen LogP contribution >= 0.6 is 12.4 Å². The van der Waals surface area contributed by atoms with Crippen molar-refractivity contribution in [2.45, 2.75) is 38.7 Å². The quantitative estimate of drug-likeness (QED) is 0.676. The van der Waals surface area contributed by atoms with Crippen LogP contribution in [0, 0.1) is 12.8 Å². The van der Waals surface area contributed by atoms with Gasteiger partial charge in [0.05, 0.1) is 24.8 Å². The molecule has 0 radical (unpaired) electrons. The summed E-state index contributed by atoms with van der Waals surface area (Å²) in [5.74, 6) is 0.403. The van der Waals surface area contributed by atoms with Gasteiger partial charge in [0.15, 0.2) is 0 Å². The van der Waals surface area contributed by atoms with Crippen LogP contribution in [-0.4, -0.2) is 62.7 Å². The largest absolute Gasteiger partial charge is 0.495 e. The smallest absolute Gasteiger partial charge is 0.228 e. The summed E-state index contributed by atoms with van der Waals surface area (Å²) < 4.78 is 11.2. The van der Waals surface area contributed by atoms with E-state index < -0.39 is 0 Å². The summed E-state index contributed by atoms with van der Waals surface area (Å²) in [5.41, 5.74) is 7.29. The first-order valence-electron chi connectivity index (χ1n) is 10.1. The molecule has 1 atom stereocenters. The number of nitrogens with two attached hydrogens (primary N) is 1. The number of halogens is 1. The van der Waals surface area contributed by atoms with Crippen molar-refractivity contribution in [3.05, 3.63) is 23.8 Å². The molecule has 7 nitrogen and oxygen atoms in total. The second-order valence-corrected chi connectivity index (χ2v) is 7.62. The van der Waals surface area contributed by atoms with Crippen molar-refractivity contribution in [1.29, 1.82) is 0 Å². The van der Waals surface area contributed by atoms with Crippen molar-refractivity contribution in [2.75, 3.05) is 44.8 Å². The summed E-state index contributed by atoms with van der Waals surface area (Å²) in [6, 6.07) is 5.75. The fraction of sp³-hybridized carbons (Fsp3) is 0.619. The molecule has 162 valence electrons. The maximum atomic E-state index is 13.0. The second kappa shape index (κ2) is 10.8. The van der Waals surface area contributed by atoms with Gasteiger partial charge in [-0.25, -0.2) is 0 Å². The van der Waals surface area contributed by atoms with E-state index in [0.29, 0.717) is 38.5 Å². The van der Waals surface area contributed by atoms with Crippen LogP contribution < -0.4 is 15.4 Å². The number of rotatable bonds is 7. The Morgan fingerprint density at radius 3 is 2.66 bits per heavy atom. The molecule has 0 bridgehead atoms. The first-order valence-corrected chi connectivity index (χ1v) is 10.1. The molecule has 1 unspecified atom stereocenters. The average Bonchev–Trinajstić information content (AvgIpc) is 3.09. The molecule has 2 N–H and O–H groups in total. The van der Waals surface area contributed by atoms with Crippen LogP contribution in [-0.2, 0) is 14.3 Å². The molecule has 0 saturated carbocycles. The van der Waals surface area contributed by atoms with Gasteiger partial charge in [0.2, 0.25) is 11.8 Å². The van der Waals surface area contributed by atoms with E-state index in [4.69, 9.17) is 15.2 Å². The molecule has 0 aliphatic carbocycles. The SMILES string of the molecule is COc1ccc(C)cc1N1CC(C(=O)N2CCC(OCCCN)CC2)CC1=O.Cl. The summed E-state index contributed by atoms with van der Waals surface area (Å²) in [6.45, 7) is 5.07. The molecular formula is C21H32ClN3O4. The molecule has 2 aliphatic heterocycles. The van der Waals surface area contributed by atoms with E-state index >= 15 is 0 Å². The highest BCUT2D eigenvalue weighted by Crippen LogP contribution is 2.34. The van der Waals surface area contributed by atoms with Crippen molar-refractivity contribution in [3.8, 4) is 5.75 Å². The Hall–Kier alpha value is -1.83. The number of hydrogen-bond acceptors (Lipinski definition) is 5. The van der Waals surface area contributed by atoms with E-state index in [9.17, 15) is 9.59 Å². The first kappa shape index (κ1) is 23.4. The number of nitrogens with zero attached hydrogens (tertiary/aromatic N) is 2. The van der Waals surface area contributed by atoms with Crippen LogP contribution in [0.15, 0.2) is 18.2 Å². The van der Waals surface area contributed by atoms with Crippen LogP contribution in [0.5, 0.6) is 5.75 Å². The topological polar surface area (TPSA) is 85.1 Å². The van der Waals surface area contributed by atoms with Gasteiger partial charge >= 0.3 is 0 Å². The molecule has 3 rings (SSSR count). The van der Waals surface area contributed by atoms with Gasteiger partial charge in [-0.05, 0) is 50.4 Å². The monoisotopic (exact) mass is 425 g/mol. The lowest BCUT2D eigenvalue weighted by atomic mass is 10.0. The van der Waals surface area contributed by atoms with Gasteiger partial charge in [-0.15, -0.1) is 12.4 Å². The number of methoxy groups -OCH3 is 1. The number of likely N-dealkylation sites (tertiary alicyclic amines) is 1. The zero-order valence-corrected chi connectivity index (χ0v) is 18.1. The minimum Gasteiger partial charge on any atom is -0.495 e. The van der Waals surface area contributed by atoms with Crippen LogP contribution in [0.3, 0.4) is 0 Å². The molecule has 2 fully saturated rings. The van der Waals surface area contributed by atoms with Gasteiger partial charge in [0.25, 0.3) is 0 Å². The fourth-order valence-corrected chi connectivity index (χ4v) is 3.95. The van der Waals surface area contributed by atoms with Crippen LogP contribution in [0.2, 0.25) is 0 Å². The minimum absolute atomic E-state index is 0. The molecule has 8 heteroatoms. The van der Waals surface area contributed by atoms with Crippen LogP contribution in [0.1, 0.15) is 31.2 Å². The predicted octanol–water partition coefficient (Wildman–Crippen LogP) is 2.13. The Labute approximate surface area is 178 Å². The standard InChI is InChI=1S/C21H31N3O4.ClH/c1-15-4-5-19(27-2)18(12-15)24-14-16(13-20(24)25)21(26)23-9-6-17(7-10-23)28-11-3-8-22;/h4-5,12,16-17H,3,6-11,13-14,22H2,1-2H3;1H. The number of ether oxygens (including phenoxy) is 2. The average molecular weight is 426 g/mol. The lowest BCUT2D eigenvalue weighted by Gasteiger charge is -2.33. The van der Waals surface area contributed by atoms with Gasteiger partial charge in [-0.1, -0.05) is 6.07 Å². The summed E-state index contributed by atoms with van der Waals surface area (Å²) in [7, 11) is 1.59. The molecular weight excluding hydrogens is 394 g/mol. The summed E-state index contributed by atoms with van der Waals surface area (Å²) in [4.78, 5) is 29.2. The van der Waals surface area contributed by atoms with E-state index in [1.165, 1.54) is 0 Å². The number of amides is 2. The highest BCUT2D eigenvalue weighted by Gasteiger charge is 2.39. The number of piperidine rings is 1. The number of carbonyl (C=O) groups is 2. The third kappa shape index (κ3) is 5.62. The highest BCUT2D eigenvalue weighted by atomic mass is 35.5. The van der Waals surface area contributed by atoms with E-state index in [2.05, 4.69) is 0 Å². The third-order valence-electron chi connectivity index (χ3n) is 5.56. The predicted molar refractivity (Wildman–Crippen MR) is 115 cm³/mol. The summed E-state index contributed by atoms with van der Waals surface area (Å²) in [5, 5.41) is 0. The molecule has 29 heavy (non-hydrogen) atoms. The van der Waals surface area contributed by atoms with Crippen molar-refractivity contribution in [1.82, 2.24) is 4.90 Å². The summed E-state index contributed by atoms with van der Waals surface area (Å²) in [6.07, 6.45) is 3.00. The van der Waals surface area contributed by atoms with Crippen molar-refractivity contribution >= 4 is 29.9 Å². The fourth-order valence-electron chi connectivity index (χ4n) is 3.95. The Kier molecular flexibility index (Phi) is 8.74. The van der Waals surface area contributed by atoms with Gasteiger partial charge < -0.3 is 25.0 Å². The zero-order valence-electron chi connectivity index (χ0n) is 17.3.